The number of para-hydroxylation sites is 1. The number of hydrogen-bond donors (Lipinski definition) is 0. The number of hydrogen-bond acceptors (Lipinski definition) is 1. The highest BCUT2D eigenvalue weighted by atomic mass is 16.3. The van der Waals surface area contributed by atoms with Crippen molar-refractivity contribution in [3.63, 3.8) is 0 Å². The largest absolute Gasteiger partial charge is 0.439 e. The molecule has 0 bridgehead atoms. The molecule has 0 saturated carbocycles. The molecule has 0 unspecified atom stereocenters. The zero-order valence-corrected chi connectivity index (χ0v) is 12.3. The van der Waals surface area contributed by atoms with Crippen molar-refractivity contribution in [1.29, 1.82) is 0 Å². The van der Waals surface area contributed by atoms with Crippen LogP contribution in [-0.4, -0.2) is 4.57 Å². The van der Waals surface area contributed by atoms with Crippen LogP contribution in [0.3, 0.4) is 0 Å². The first-order valence-corrected chi connectivity index (χ1v) is 7.37. The molecule has 0 atom stereocenters. The van der Waals surface area contributed by atoms with E-state index in [1.807, 2.05) is 18.2 Å². The van der Waals surface area contributed by atoms with E-state index in [1.165, 1.54) is 21.9 Å². The van der Waals surface area contributed by atoms with Gasteiger partial charge in [-0.3, -0.25) is 0 Å². The fourth-order valence-electron chi connectivity index (χ4n) is 3.21. The van der Waals surface area contributed by atoms with E-state index in [-0.39, 0.29) is 0 Å². The van der Waals surface area contributed by atoms with Crippen LogP contribution in [0.5, 0.6) is 0 Å². The molecule has 0 aliphatic rings. The smallest absolute Gasteiger partial charge is 0.208 e. The SMILES string of the molecule is CCn1c2ccccc2c2c(C)c(-c3ccccc3)oc21. The van der Waals surface area contributed by atoms with Crippen molar-refractivity contribution in [2.45, 2.75) is 20.4 Å². The van der Waals surface area contributed by atoms with Crippen molar-refractivity contribution in [3.05, 3.63) is 60.2 Å². The van der Waals surface area contributed by atoms with E-state index < -0.39 is 0 Å². The van der Waals surface area contributed by atoms with E-state index in [0.29, 0.717) is 0 Å². The summed E-state index contributed by atoms with van der Waals surface area (Å²) >= 11 is 0. The molecular formula is C19H17NO. The molecule has 21 heavy (non-hydrogen) atoms. The van der Waals surface area contributed by atoms with E-state index in [2.05, 4.69) is 54.8 Å². The number of furan rings is 1. The molecule has 0 aliphatic carbocycles. The first-order chi connectivity index (χ1) is 10.3. The Morgan fingerprint density at radius 2 is 1.67 bits per heavy atom. The van der Waals surface area contributed by atoms with Crippen LogP contribution in [0, 0.1) is 6.92 Å². The molecule has 0 spiro atoms. The summed E-state index contributed by atoms with van der Waals surface area (Å²) in [6.45, 7) is 5.22. The minimum absolute atomic E-state index is 0.908. The van der Waals surface area contributed by atoms with E-state index in [4.69, 9.17) is 4.42 Å². The van der Waals surface area contributed by atoms with E-state index in [1.54, 1.807) is 0 Å². The molecule has 4 rings (SSSR count). The number of nitrogens with zero attached hydrogens (tertiary/aromatic N) is 1. The quantitative estimate of drug-likeness (QED) is 0.480. The van der Waals surface area contributed by atoms with Crippen molar-refractivity contribution in [1.82, 2.24) is 4.57 Å². The van der Waals surface area contributed by atoms with E-state index in [9.17, 15) is 0 Å². The van der Waals surface area contributed by atoms with Gasteiger partial charge in [0.15, 0.2) is 0 Å². The minimum Gasteiger partial charge on any atom is -0.439 e. The van der Waals surface area contributed by atoms with Crippen molar-refractivity contribution < 1.29 is 4.42 Å². The lowest BCUT2D eigenvalue weighted by Crippen LogP contribution is -1.91. The Hall–Kier alpha value is -2.48. The van der Waals surface area contributed by atoms with Gasteiger partial charge in [0.25, 0.3) is 0 Å². The van der Waals surface area contributed by atoms with Gasteiger partial charge in [-0.2, -0.15) is 0 Å². The molecule has 0 radical (unpaired) electrons. The summed E-state index contributed by atoms with van der Waals surface area (Å²) in [7, 11) is 0. The van der Waals surface area contributed by atoms with Crippen LogP contribution < -0.4 is 0 Å². The van der Waals surface area contributed by atoms with Gasteiger partial charge in [0.1, 0.15) is 5.76 Å². The Kier molecular flexibility index (Phi) is 2.64. The second-order valence-corrected chi connectivity index (χ2v) is 5.36. The first-order valence-electron chi connectivity index (χ1n) is 7.37. The van der Waals surface area contributed by atoms with Gasteiger partial charge >= 0.3 is 0 Å². The van der Waals surface area contributed by atoms with Gasteiger partial charge in [-0.05, 0) is 19.9 Å². The van der Waals surface area contributed by atoms with Crippen molar-refractivity contribution in [2.75, 3.05) is 0 Å². The number of aromatic nitrogens is 1. The summed E-state index contributed by atoms with van der Waals surface area (Å²) in [5.74, 6) is 0.980. The maximum Gasteiger partial charge on any atom is 0.208 e. The van der Waals surface area contributed by atoms with E-state index >= 15 is 0 Å². The lowest BCUT2D eigenvalue weighted by atomic mass is 10.1. The third kappa shape index (κ3) is 1.65. The molecule has 2 heteroatoms. The number of benzene rings is 2. The standard InChI is InChI=1S/C19H17NO/c1-3-20-16-12-8-7-11-15(16)17-13(2)18(21-19(17)20)14-9-5-4-6-10-14/h4-12H,3H2,1-2H3. The normalized spacial score (nSPS) is 11.5. The van der Waals surface area contributed by atoms with E-state index in [0.717, 1.165) is 23.6 Å². The van der Waals surface area contributed by atoms with Crippen molar-refractivity contribution in [3.8, 4) is 11.3 Å². The van der Waals surface area contributed by atoms with Crippen LogP contribution in [0.4, 0.5) is 0 Å². The molecule has 0 N–H and O–H groups in total. The third-order valence-corrected chi connectivity index (χ3v) is 4.19. The summed E-state index contributed by atoms with van der Waals surface area (Å²) < 4.78 is 8.51. The molecule has 0 aliphatic heterocycles. The molecule has 0 fully saturated rings. The zero-order valence-electron chi connectivity index (χ0n) is 12.3. The van der Waals surface area contributed by atoms with Crippen molar-refractivity contribution >= 4 is 22.0 Å². The van der Waals surface area contributed by atoms with Crippen LogP contribution in [0.2, 0.25) is 0 Å². The second-order valence-electron chi connectivity index (χ2n) is 5.36. The van der Waals surface area contributed by atoms with Gasteiger partial charge < -0.3 is 8.98 Å². The second kappa shape index (κ2) is 4.52. The Balaban J connectivity index is 2.12. The molecule has 104 valence electrons. The fourth-order valence-corrected chi connectivity index (χ4v) is 3.21. The molecule has 2 nitrogen and oxygen atoms in total. The average Bonchev–Trinajstić information content (AvgIpc) is 3.03. The summed E-state index contributed by atoms with van der Waals surface area (Å²) in [4.78, 5) is 0. The number of rotatable bonds is 2. The molecule has 2 heterocycles. The Labute approximate surface area is 123 Å². The molecule has 0 saturated heterocycles. The Bertz CT molecular complexity index is 928. The summed E-state index contributed by atoms with van der Waals surface area (Å²) in [6.07, 6.45) is 0. The summed E-state index contributed by atoms with van der Waals surface area (Å²) in [6, 6.07) is 18.9. The zero-order chi connectivity index (χ0) is 14.4. The predicted molar refractivity (Wildman–Crippen MR) is 87.6 cm³/mol. The van der Waals surface area contributed by atoms with Gasteiger partial charge in [-0.1, -0.05) is 48.5 Å². The fraction of sp³-hybridized carbons (Fsp3) is 0.158. The summed E-state index contributed by atoms with van der Waals surface area (Å²) in [5.41, 5.74) is 4.59. The topological polar surface area (TPSA) is 18.1 Å². The molecule has 4 aromatic rings. The van der Waals surface area contributed by atoms with Gasteiger partial charge in [0, 0.05) is 23.1 Å². The Morgan fingerprint density at radius 3 is 2.43 bits per heavy atom. The van der Waals surface area contributed by atoms with Crippen molar-refractivity contribution in [2.24, 2.45) is 0 Å². The van der Waals surface area contributed by atoms with Crippen LogP contribution in [0.15, 0.2) is 59.0 Å². The van der Waals surface area contributed by atoms with Crippen LogP contribution >= 0.6 is 0 Å². The van der Waals surface area contributed by atoms with Gasteiger partial charge in [0.2, 0.25) is 5.71 Å². The number of fused-ring (bicyclic) bond motifs is 3. The van der Waals surface area contributed by atoms with Gasteiger partial charge in [-0.25, -0.2) is 0 Å². The lowest BCUT2D eigenvalue weighted by molar-refractivity contribution is 0.587. The average molecular weight is 275 g/mol. The highest BCUT2D eigenvalue weighted by molar-refractivity contribution is 6.09. The predicted octanol–water partition coefficient (Wildman–Crippen LogP) is 5.38. The van der Waals surface area contributed by atoms with Gasteiger partial charge in [-0.15, -0.1) is 0 Å². The maximum absolute atomic E-state index is 6.25. The lowest BCUT2D eigenvalue weighted by Gasteiger charge is -2.02. The van der Waals surface area contributed by atoms with Crippen LogP contribution in [-0.2, 0) is 6.54 Å². The molecule has 0 amide bonds. The minimum atomic E-state index is 0.908. The highest BCUT2D eigenvalue weighted by Gasteiger charge is 2.19. The monoisotopic (exact) mass is 275 g/mol. The molecule has 2 aromatic heterocycles. The highest BCUT2D eigenvalue weighted by Crippen LogP contribution is 2.38. The summed E-state index contributed by atoms with van der Waals surface area (Å²) in [5, 5.41) is 2.52. The van der Waals surface area contributed by atoms with Gasteiger partial charge in [0.05, 0.1) is 10.9 Å². The van der Waals surface area contributed by atoms with Crippen LogP contribution in [0.25, 0.3) is 33.3 Å². The first kappa shape index (κ1) is 12.3. The Morgan fingerprint density at radius 1 is 0.952 bits per heavy atom. The maximum atomic E-state index is 6.25. The molecule has 2 aromatic carbocycles. The van der Waals surface area contributed by atoms with Crippen LogP contribution in [0.1, 0.15) is 12.5 Å². The number of aryl methyl sites for hydroxylation is 2. The molecular weight excluding hydrogens is 258 g/mol. The third-order valence-electron chi connectivity index (χ3n) is 4.19.